The highest BCUT2D eigenvalue weighted by molar-refractivity contribution is 6.01. The summed E-state index contributed by atoms with van der Waals surface area (Å²) >= 11 is 0. The molecule has 3 heteroatoms. The van der Waals surface area contributed by atoms with Gasteiger partial charge in [0.1, 0.15) is 17.4 Å². The normalized spacial score (nSPS) is 15.8. The minimum Gasteiger partial charge on any atom is -0.506 e. The van der Waals surface area contributed by atoms with Gasteiger partial charge in [-0.15, -0.1) is 0 Å². The van der Waals surface area contributed by atoms with E-state index in [9.17, 15) is 9.90 Å². The van der Waals surface area contributed by atoms with Crippen molar-refractivity contribution >= 4 is 16.7 Å². The van der Waals surface area contributed by atoms with Gasteiger partial charge in [-0.1, -0.05) is 30.3 Å². The molecule has 0 aromatic heterocycles. The van der Waals surface area contributed by atoms with Gasteiger partial charge in [-0.2, -0.15) is 0 Å². The minimum absolute atomic E-state index is 0.0124. The molecule has 0 saturated heterocycles. The third kappa shape index (κ3) is 2.28. The lowest BCUT2D eigenvalue weighted by Crippen LogP contribution is -2.14. The molecule has 0 spiro atoms. The molecule has 0 heterocycles. The summed E-state index contributed by atoms with van der Waals surface area (Å²) in [6.45, 7) is 0. The van der Waals surface area contributed by atoms with Crippen LogP contribution >= 0.6 is 0 Å². The van der Waals surface area contributed by atoms with Crippen LogP contribution in [0.1, 0.15) is 36.0 Å². The van der Waals surface area contributed by atoms with Crippen LogP contribution in [0.5, 0.6) is 5.75 Å². The average Bonchev–Trinajstić information content (AvgIpc) is 2.92. The first-order valence-corrected chi connectivity index (χ1v) is 6.67. The zero-order chi connectivity index (χ0) is 13.2. The van der Waals surface area contributed by atoms with Crippen molar-refractivity contribution in [2.45, 2.75) is 31.8 Å². The molecule has 2 aromatic rings. The van der Waals surface area contributed by atoms with Crippen molar-refractivity contribution in [3.63, 3.8) is 0 Å². The van der Waals surface area contributed by atoms with E-state index in [0.717, 1.165) is 31.1 Å². The number of fused-ring (bicyclic) bond motifs is 1. The van der Waals surface area contributed by atoms with Crippen molar-refractivity contribution in [3.8, 4) is 5.75 Å². The van der Waals surface area contributed by atoms with Crippen LogP contribution in [0.2, 0.25) is 0 Å². The van der Waals surface area contributed by atoms with Crippen LogP contribution in [0.3, 0.4) is 0 Å². The number of phenolic OH excluding ortho intramolecular Hbond substituents is 1. The maximum atomic E-state index is 12.1. The zero-order valence-electron chi connectivity index (χ0n) is 10.6. The van der Waals surface area contributed by atoms with Crippen molar-refractivity contribution in [2.24, 2.45) is 0 Å². The lowest BCUT2D eigenvalue weighted by Gasteiger charge is -2.12. The highest BCUT2D eigenvalue weighted by Crippen LogP contribution is 2.30. The number of esters is 1. The zero-order valence-corrected chi connectivity index (χ0v) is 10.6. The Morgan fingerprint density at radius 2 is 1.84 bits per heavy atom. The van der Waals surface area contributed by atoms with Gasteiger partial charge in [-0.05, 0) is 37.1 Å². The van der Waals surface area contributed by atoms with Crippen molar-refractivity contribution in [1.82, 2.24) is 0 Å². The van der Waals surface area contributed by atoms with Crippen molar-refractivity contribution < 1.29 is 14.6 Å². The van der Waals surface area contributed by atoms with Crippen LogP contribution < -0.4 is 0 Å². The van der Waals surface area contributed by atoms with Gasteiger partial charge < -0.3 is 9.84 Å². The van der Waals surface area contributed by atoms with Crippen LogP contribution in [0.15, 0.2) is 36.4 Å². The Bertz CT molecular complexity index is 612. The predicted molar refractivity (Wildman–Crippen MR) is 73.3 cm³/mol. The van der Waals surface area contributed by atoms with Crippen LogP contribution in [-0.4, -0.2) is 17.2 Å². The summed E-state index contributed by atoms with van der Waals surface area (Å²) < 4.78 is 5.43. The molecule has 0 radical (unpaired) electrons. The summed E-state index contributed by atoms with van der Waals surface area (Å²) in [4.78, 5) is 12.1. The van der Waals surface area contributed by atoms with Gasteiger partial charge in [0.15, 0.2) is 0 Å². The summed E-state index contributed by atoms with van der Waals surface area (Å²) in [6, 6.07) is 10.9. The molecule has 98 valence electrons. The van der Waals surface area contributed by atoms with E-state index in [1.165, 1.54) is 0 Å². The standard InChI is InChI=1S/C16H16O3/c17-15-13-8-4-1-5-11(13)9-10-14(15)16(18)19-12-6-2-3-7-12/h1,4-5,8-10,12,17H,2-3,6-7H2. The molecule has 3 rings (SSSR count). The van der Waals surface area contributed by atoms with Gasteiger partial charge >= 0.3 is 5.97 Å². The molecule has 1 N–H and O–H groups in total. The maximum Gasteiger partial charge on any atom is 0.342 e. The van der Waals surface area contributed by atoms with Gasteiger partial charge in [0, 0.05) is 5.39 Å². The van der Waals surface area contributed by atoms with Gasteiger partial charge in [0.05, 0.1) is 0 Å². The smallest absolute Gasteiger partial charge is 0.342 e. The number of rotatable bonds is 2. The van der Waals surface area contributed by atoms with Gasteiger partial charge in [-0.3, -0.25) is 0 Å². The number of hydrogen-bond donors (Lipinski definition) is 1. The maximum absolute atomic E-state index is 12.1. The Hall–Kier alpha value is -2.03. The molecule has 1 aliphatic rings. The number of benzene rings is 2. The largest absolute Gasteiger partial charge is 0.506 e. The summed E-state index contributed by atoms with van der Waals surface area (Å²) in [7, 11) is 0. The van der Waals surface area contributed by atoms with E-state index in [1.807, 2.05) is 24.3 Å². The summed E-state index contributed by atoms with van der Waals surface area (Å²) in [5.41, 5.74) is 0.255. The molecule has 2 aromatic carbocycles. The third-order valence-electron chi connectivity index (χ3n) is 3.70. The summed E-state index contributed by atoms with van der Waals surface area (Å²) in [5.74, 6) is -0.406. The predicted octanol–water partition coefficient (Wildman–Crippen LogP) is 3.64. The number of carbonyl (C=O) groups is 1. The highest BCUT2D eigenvalue weighted by Gasteiger charge is 2.22. The average molecular weight is 256 g/mol. The second-order valence-electron chi connectivity index (χ2n) is 4.99. The number of ether oxygens (including phenoxy) is 1. The molecule has 19 heavy (non-hydrogen) atoms. The number of carbonyl (C=O) groups excluding carboxylic acids is 1. The van der Waals surface area contributed by atoms with Gasteiger partial charge in [0.25, 0.3) is 0 Å². The first kappa shape index (κ1) is 12.0. The third-order valence-corrected chi connectivity index (χ3v) is 3.70. The van der Waals surface area contributed by atoms with E-state index in [-0.39, 0.29) is 17.4 Å². The molecular formula is C16H16O3. The first-order chi connectivity index (χ1) is 9.25. The van der Waals surface area contributed by atoms with Crippen LogP contribution in [0.4, 0.5) is 0 Å². The van der Waals surface area contributed by atoms with E-state index < -0.39 is 5.97 Å². The molecule has 0 atom stereocenters. The molecule has 0 aliphatic heterocycles. The molecule has 0 bridgehead atoms. The fraction of sp³-hybridized carbons (Fsp3) is 0.312. The fourth-order valence-electron chi connectivity index (χ4n) is 2.64. The first-order valence-electron chi connectivity index (χ1n) is 6.67. The topological polar surface area (TPSA) is 46.5 Å². The highest BCUT2D eigenvalue weighted by atomic mass is 16.5. The molecule has 1 saturated carbocycles. The Morgan fingerprint density at radius 1 is 1.11 bits per heavy atom. The monoisotopic (exact) mass is 256 g/mol. The second kappa shape index (κ2) is 4.92. The SMILES string of the molecule is O=C(OC1CCCC1)c1ccc2ccccc2c1O. The minimum atomic E-state index is -0.421. The van der Waals surface area contributed by atoms with E-state index in [2.05, 4.69) is 0 Å². The number of phenols is 1. The van der Waals surface area contributed by atoms with Crippen molar-refractivity contribution in [2.75, 3.05) is 0 Å². The van der Waals surface area contributed by atoms with Crippen LogP contribution in [-0.2, 0) is 4.74 Å². The lowest BCUT2D eigenvalue weighted by atomic mass is 10.1. The van der Waals surface area contributed by atoms with Gasteiger partial charge in [0.2, 0.25) is 0 Å². The Labute approximate surface area is 111 Å². The number of hydrogen-bond acceptors (Lipinski definition) is 3. The van der Waals surface area contributed by atoms with Crippen molar-refractivity contribution in [1.29, 1.82) is 0 Å². The molecule has 1 aliphatic carbocycles. The fourth-order valence-corrected chi connectivity index (χ4v) is 2.64. The molecular weight excluding hydrogens is 240 g/mol. The Balaban J connectivity index is 1.91. The number of aromatic hydroxyl groups is 1. The van der Waals surface area contributed by atoms with E-state index in [4.69, 9.17) is 4.74 Å². The van der Waals surface area contributed by atoms with Crippen LogP contribution in [0, 0.1) is 0 Å². The second-order valence-corrected chi connectivity index (χ2v) is 4.99. The summed E-state index contributed by atoms with van der Waals surface area (Å²) in [6.07, 6.45) is 4.10. The molecule has 1 fully saturated rings. The van der Waals surface area contributed by atoms with Gasteiger partial charge in [-0.25, -0.2) is 4.79 Å². The van der Waals surface area contributed by atoms with E-state index >= 15 is 0 Å². The van der Waals surface area contributed by atoms with E-state index in [1.54, 1.807) is 12.1 Å². The molecule has 3 nitrogen and oxygen atoms in total. The van der Waals surface area contributed by atoms with E-state index in [0.29, 0.717) is 5.39 Å². The molecule has 0 amide bonds. The lowest BCUT2D eigenvalue weighted by molar-refractivity contribution is 0.0315. The Kier molecular flexibility index (Phi) is 3.11. The molecule has 0 unspecified atom stereocenters. The summed E-state index contributed by atoms with van der Waals surface area (Å²) in [5, 5.41) is 11.8. The Morgan fingerprint density at radius 3 is 2.63 bits per heavy atom. The quantitative estimate of drug-likeness (QED) is 0.834. The van der Waals surface area contributed by atoms with Crippen LogP contribution in [0.25, 0.3) is 10.8 Å². The van der Waals surface area contributed by atoms with Crippen molar-refractivity contribution in [3.05, 3.63) is 42.0 Å².